The van der Waals surface area contributed by atoms with Gasteiger partial charge in [-0.1, -0.05) is 28.1 Å². The highest BCUT2D eigenvalue weighted by molar-refractivity contribution is 9.10. The predicted octanol–water partition coefficient (Wildman–Crippen LogP) is 4.54. The van der Waals surface area contributed by atoms with Crippen LogP contribution in [0.2, 0.25) is 0 Å². The van der Waals surface area contributed by atoms with E-state index >= 15 is 0 Å². The molecule has 4 rings (SSSR count). The second-order valence-electron chi connectivity index (χ2n) is 6.35. The summed E-state index contributed by atoms with van der Waals surface area (Å²) < 4.78 is 6.31. The molecule has 0 bridgehead atoms. The normalized spacial score (nSPS) is 18.1. The molecule has 0 radical (unpaired) electrons. The lowest BCUT2D eigenvalue weighted by Crippen LogP contribution is -2.29. The molecule has 1 atom stereocenters. The second-order valence-corrected chi connectivity index (χ2v) is 7.27. The first-order chi connectivity index (χ1) is 14.0. The Balaban J connectivity index is 1.90. The van der Waals surface area contributed by atoms with Crippen molar-refractivity contribution in [2.45, 2.75) is 6.04 Å². The third-order valence-electron chi connectivity index (χ3n) is 4.65. The van der Waals surface area contributed by atoms with E-state index in [2.05, 4.69) is 15.9 Å². The number of aliphatic hydroxyl groups is 1. The van der Waals surface area contributed by atoms with Gasteiger partial charge in [0.1, 0.15) is 17.6 Å². The summed E-state index contributed by atoms with van der Waals surface area (Å²) in [6, 6.07) is 17.4. The molecule has 1 amide bonds. The van der Waals surface area contributed by atoms with Gasteiger partial charge in [0, 0.05) is 15.7 Å². The van der Waals surface area contributed by atoms with Gasteiger partial charge in [0.25, 0.3) is 11.7 Å². The van der Waals surface area contributed by atoms with Crippen LogP contribution in [0.3, 0.4) is 0 Å². The molecule has 0 saturated carbocycles. The van der Waals surface area contributed by atoms with Crippen molar-refractivity contribution < 1.29 is 19.1 Å². The number of benzene rings is 2. The molecule has 2 heterocycles. The number of amides is 1. The topological polar surface area (TPSA) is 94.5 Å². The monoisotopic (exact) mass is 448 g/mol. The van der Waals surface area contributed by atoms with E-state index in [1.165, 1.54) is 11.2 Å². The second kappa shape index (κ2) is 7.41. The molecule has 6 nitrogen and oxygen atoms in total. The van der Waals surface area contributed by atoms with E-state index < -0.39 is 17.7 Å². The Bertz CT molecular complexity index is 1160. The van der Waals surface area contributed by atoms with Gasteiger partial charge in [0.05, 0.1) is 23.5 Å². The Morgan fingerprint density at radius 2 is 1.76 bits per heavy atom. The van der Waals surface area contributed by atoms with E-state index in [-0.39, 0.29) is 11.3 Å². The maximum absolute atomic E-state index is 12.9. The molecule has 2 aromatic carbocycles. The molecular formula is C22H13BrN2O4. The van der Waals surface area contributed by atoms with Crippen molar-refractivity contribution in [3.05, 3.63) is 93.9 Å². The van der Waals surface area contributed by atoms with Crippen molar-refractivity contribution in [3.8, 4) is 6.07 Å². The molecule has 3 aromatic rings. The van der Waals surface area contributed by atoms with E-state index in [9.17, 15) is 14.7 Å². The van der Waals surface area contributed by atoms with E-state index in [0.717, 1.165) is 4.47 Å². The fourth-order valence-corrected chi connectivity index (χ4v) is 3.54. The summed E-state index contributed by atoms with van der Waals surface area (Å²) in [5.41, 5.74) is 1.19. The summed E-state index contributed by atoms with van der Waals surface area (Å²) in [4.78, 5) is 27.0. The van der Waals surface area contributed by atoms with Crippen molar-refractivity contribution in [2.75, 3.05) is 4.90 Å². The number of nitriles is 1. The summed E-state index contributed by atoms with van der Waals surface area (Å²) >= 11 is 3.33. The van der Waals surface area contributed by atoms with Gasteiger partial charge in [-0.3, -0.25) is 14.5 Å². The van der Waals surface area contributed by atoms with Crippen LogP contribution >= 0.6 is 15.9 Å². The van der Waals surface area contributed by atoms with Crippen molar-refractivity contribution in [3.63, 3.8) is 0 Å². The Labute approximate surface area is 174 Å². The molecule has 0 spiro atoms. The van der Waals surface area contributed by atoms with Crippen LogP contribution in [0.4, 0.5) is 5.69 Å². The number of ketones is 1. The Morgan fingerprint density at radius 3 is 2.34 bits per heavy atom. The molecular weight excluding hydrogens is 436 g/mol. The Hall–Kier alpha value is -3.63. The number of anilines is 1. The van der Waals surface area contributed by atoms with Gasteiger partial charge in [0.2, 0.25) is 0 Å². The summed E-state index contributed by atoms with van der Waals surface area (Å²) in [6.45, 7) is 0. The molecule has 1 unspecified atom stereocenters. The van der Waals surface area contributed by atoms with E-state index in [1.54, 1.807) is 60.7 Å². The number of halogens is 1. The highest BCUT2D eigenvalue weighted by atomic mass is 79.9. The smallest absolute Gasteiger partial charge is 0.300 e. The third kappa shape index (κ3) is 3.24. The molecule has 7 heteroatoms. The van der Waals surface area contributed by atoms with Gasteiger partial charge < -0.3 is 9.52 Å². The fourth-order valence-electron chi connectivity index (χ4n) is 3.27. The van der Waals surface area contributed by atoms with Gasteiger partial charge >= 0.3 is 0 Å². The molecule has 142 valence electrons. The first kappa shape index (κ1) is 18.7. The molecule has 0 aliphatic carbocycles. The standard InChI is InChI=1S/C22H13BrN2O4/c23-15-7-5-14(6-8-15)20(26)18-19(17-2-1-11-29-17)25(22(28)21(18)27)16-9-3-13(12-24)4-10-16/h1-11,19,26H/b20-18-. The van der Waals surface area contributed by atoms with Crippen LogP contribution in [0.5, 0.6) is 0 Å². The molecule has 1 saturated heterocycles. The Kier molecular flexibility index (Phi) is 4.79. The zero-order chi connectivity index (χ0) is 20.5. The molecule has 1 N–H and O–H groups in total. The number of hydrogen-bond donors (Lipinski definition) is 1. The molecule has 1 aliphatic heterocycles. The number of rotatable bonds is 3. The minimum atomic E-state index is -0.929. The lowest BCUT2D eigenvalue weighted by molar-refractivity contribution is -0.132. The third-order valence-corrected chi connectivity index (χ3v) is 5.18. The van der Waals surface area contributed by atoms with Crippen molar-refractivity contribution in [1.29, 1.82) is 5.26 Å². The number of furan rings is 1. The SMILES string of the molecule is N#Cc1ccc(N2C(=O)C(=O)/C(=C(\O)c3ccc(Br)cc3)C2c2ccco2)cc1. The fraction of sp³-hybridized carbons (Fsp3) is 0.0455. The van der Waals surface area contributed by atoms with Gasteiger partial charge in [-0.15, -0.1) is 0 Å². The Morgan fingerprint density at radius 1 is 1.07 bits per heavy atom. The van der Waals surface area contributed by atoms with Gasteiger partial charge in [-0.2, -0.15) is 5.26 Å². The zero-order valence-electron chi connectivity index (χ0n) is 14.9. The maximum atomic E-state index is 12.9. The largest absolute Gasteiger partial charge is 0.507 e. The van der Waals surface area contributed by atoms with E-state index in [1.807, 2.05) is 6.07 Å². The lowest BCUT2D eigenvalue weighted by Gasteiger charge is -2.23. The number of carbonyl (C=O) groups is 2. The van der Waals surface area contributed by atoms with Crippen LogP contribution in [0, 0.1) is 11.3 Å². The lowest BCUT2D eigenvalue weighted by atomic mass is 9.99. The van der Waals surface area contributed by atoms with Crippen LogP contribution < -0.4 is 4.90 Å². The first-order valence-corrected chi connectivity index (χ1v) is 9.41. The van der Waals surface area contributed by atoms with Gasteiger partial charge in [-0.25, -0.2) is 0 Å². The zero-order valence-corrected chi connectivity index (χ0v) is 16.5. The minimum Gasteiger partial charge on any atom is -0.507 e. The average molecular weight is 449 g/mol. The van der Waals surface area contributed by atoms with Crippen molar-refractivity contribution in [1.82, 2.24) is 0 Å². The van der Waals surface area contributed by atoms with Crippen LogP contribution in [0.1, 0.15) is 22.9 Å². The maximum Gasteiger partial charge on any atom is 0.300 e. The van der Waals surface area contributed by atoms with Crippen molar-refractivity contribution in [2.24, 2.45) is 0 Å². The summed E-state index contributed by atoms with van der Waals surface area (Å²) in [5, 5.41) is 19.9. The first-order valence-electron chi connectivity index (χ1n) is 8.62. The summed E-state index contributed by atoms with van der Waals surface area (Å²) in [7, 11) is 0. The molecule has 1 fully saturated rings. The number of aliphatic hydroxyl groups excluding tert-OH is 1. The molecule has 1 aliphatic rings. The quantitative estimate of drug-likeness (QED) is 0.360. The highest BCUT2D eigenvalue weighted by Gasteiger charge is 2.48. The number of hydrogen-bond acceptors (Lipinski definition) is 5. The van der Waals surface area contributed by atoms with E-state index in [0.29, 0.717) is 22.6 Å². The van der Waals surface area contributed by atoms with Gasteiger partial charge in [0.15, 0.2) is 0 Å². The average Bonchev–Trinajstić information content (AvgIpc) is 3.35. The number of carbonyl (C=O) groups excluding carboxylic acids is 2. The van der Waals surface area contributed by atoms with Crippen molar-refractivity contribution >= 4 is 39.1 Å². The van der Waals surface area contributed by atoms with Crippen LogP contribution in [0.25, 0.3) is 5.76 Å². The number of Topliss-reactive ketones (excluding diaryl/α,β-unsaturated/α-hetero) is 1. The van der Waals surface area contributed by atoms with Crippen LogP contribution in [-0.4, -0.2) is 16.8 Å². The van der Waals surface area contributed by atoms with Crippen LogP contribution in [0.15, 0.2) is 81.4 Å². The molecule has 29 heavy (non-hydrogen) atoms. The highest BCUT2D eigenvalue weighted by Crippen LogP contribution is 2.42. The van der Waals surface area contributed by atoms with Crippen LogP contribution in [-0.2, 0) is 9.59 Å². The van der Waals surface area contributed by atoms with E-state index in [4.69, 9.17) is 9.68 Å². The summed E-state index contributed by atoms with van der Waals surface area (Å²) in [6.07, 6.45) is 1.44. The molecule has 1 aromatic heterocycles. The minimum absolute atomic E-state index is 0.0587. The predicted molar refractivity (Wildman–Crippen MR) is 109 cm³/mol. The summed E-state index contributed by atoms with van der Waals surface area (Å²) in [5.74, 6) is -1.54. The van der Waals surface area contributed by atoms with Gasteiger partial charge in [-0.05, 0) is 48.5 Å². The number of nitrogens with zero attached hydrogens (tertiary/aromatic N) is 2.